The zero-order chi connectivity index (χ0) is 12.0. The molecule has 0 spiro atoms. The van der Waals surface area contributed by atoms with Crippen molar-refractivity contribution in [1.29, 1.82) is 0 Å². The van der Waals surface area contributed by atoms with Gasteiger partial charge in [0.15, 0.2) is 0 Å². The molecule has 1 aromatic heterocycles. The third kappa shape index (κ3) is 3.06. The zero-order valence-corrected chi connectivity index (χ0v) is 10.7. The molecule has 1 heterocycles. The first-order chi connectivity index (χ1) is 7.74. The van der Waals surface area contributed by atoms with Crippen LogP contribution in [0.1, 0.15) is 35.5 Å². The summed E-state index contributed by atoms with van der Waals surface area (Å²) < 4.78 is 0. The smallest absolute Gasteiger partial charge is 0.264 e. The summed E-state index contributed by atoms with van der Waals surface area (Å²) in [5.74, 6) is 0.0581. The molecule has 1 rings (SSSR count). The number of amides is 1. The van der Waals surface area contributed by atoms with Gasteiger partial charge in [0.2, 0.25) is 0 Å². The van der Waals surface area contributed by atoms with Gasteiger partial charge in [0.05, 0.1) is 11.5 Å². The van der Waals surface area contributed by atoms with Crippen LogP contribution in [0, 0.1) is 0 Å². The molecule has 1 amide bonds. The summed E-state index contributed by atoms with van der Waals surface area (Å²) >= 11 is 1.49. The number of hydrogen-bond acceptors (Lipinski definition) is 3. The van der Waals surface area contributed by atoms with E-state index in [2.05, 4.69) is 6.92 Å². The molecule has 0 saturated heterocycles. The first-order valence-corrected chi connectivity index (χ1v) is 6.59. The lowest BCUT2D eigenvalue weighted by Gasteiger charge is -2.20. The Morgan fingerprint density at radius 3 is 2.75 bits per heavy atom. The lowest BCUT2D eigenvalue weighted by molar-refractivity contribution is 0.0726. The Balaban J connectivity index is 2.81. The Labute approximate surface area is 101 Å². The van der Waals surface area contributed by atoms with Crippen molar-refractivity contribution < 1.29 is 9.90 Å². The number of aliphatic hydroxyl groups excluding tert-OH is 1. The molecule has 4 heteroatoms. The van der Waals surface area contributed by atoms with Gasteiger partial charge >= 0.3 is 0 Å². The van der Waals surface area contributed by atoms with Gasteiger partial charge in [-0.3, -0.25) is 4.79 Å². The van der Waals surface area contributed by atoms with Crippen molar-refractivity contribution in [2.24, 2.45) is 0 Å². The molecule has 1 N–H and O–H groups in total. The van der Waals surface area contributed by atoms with Crippen LogP contribution in [0.2, 0.25) is 0 Å². The van der Waals surface area contributed by atoms with Crippen molar-refractivity contribution in [3.8, 4) is 0 Å². The molecule has 90 valence electrons. The molecular weight excluding hydrogens is 222 g/mol. The number of carbonyl (C=O) groups excluding carboxylic acids is 1. The number of aliphatic hydroxyl groups is 1. The lowest BCUT2D eigenvalue weighted by Crippen LogP contribution is -2.34. The van der Waals surface area contributed by atoms with Crippen LogP contribution in [0.5, 0.6) is 0 Å². The predicted octanol–water partition coefficient (Wildman–Crippen LogP) is 2.16. The molecule has 3 nitrogen and oxygen atoms in total. The van der Waals surface area contributed by atoms with Crippen molar-refractivity contribution in [2.45, 2.75) is 26.7 Å². The molecule has 0 aliphatic rings. The molecule has 0 atom stereocenters. The van der Waals surface area contributed by atoms with Gasteiger partial charge in [0, 0.05) is 13.1 Å². The van der Waals surface area contributed by atoms with E-state index in [1.165, 1.54) is 11.3 Å². The van der Waals surface area contributed by atoms with Gasteiger partial charge in [-0.25, -0.2) is 0 Å². The van der Waals surface area contributed by atoms with Crippen LogP contribution in [0.15, 0.2) is 11.4 Å². The molecule has 0 saturated carbocycles. The minimum Gasteiger partial charge on any atom is -0.395 e. The fourth-order valence-electron chi connectivity index (χ4n) is 1.65. The molecule has 0 aliphatic carbocycles. The molecule has 0 bridgehead atoms. The van der Waals surface area contributed by atoms with Crippen LogP contribution in [0.3, 0.4) is 0 Å². The number of thiophene rings is 1. The second kappa shape index (κ2) is 6.66. The van der Waals surface area contributed by atoms with E-state index in [0.29, 0.717) is 13.1 Å². The SMILES string of the molecule is CCCN(CCO)C(=O)c1sccc1CC. The topological polar surface area (TPSA) is 40.5 Å². The van der Waals surface area contributed by atoms with Gasteiger partial charge < -0.3 is 10.0 Å². The van der Waals surface area contributed by atoms with Gasteiger partial charge in [-0.1, -0.05) is 13.8 Å². The van der Waals surface area contributed by atoms with Gasteiger partial charge in [-0.15, -0.1) is 11.3 Å². The molecule has 0 radical (unpaired) electrons. The zero-order valence-electron chi connectivity index (χ0n) is 9.90. The summed E-state index contributed by atoms with van der Waals surface area (Å²) in [5.41, 5.74) is 1.11. The highest BCUT2D eigenvalue weighted by molar-refractivity contribution is 7.12. The summed E-state index contributed by atoms with van der Waals surface area (Å²) in [7, 11) is 0. The summed E-state index contributed by atoms with van der Waals surface area (Å²) in [5, 5.41) is 10.9. The number of carbonyl (C=O) groups is 1. The Morgan fingerprint density at radius 2 is 2.19 bits per heavy atom. The van der Waals surface area contributed by atoms with E-state index >= 15 is 0 Å². The number of hydrogen-bond donors (Lipinski definition) is 1. The number of rotatable bonds is 6. The van der Waals surface area contributed by atoms with Gasteiger partial charge in [-0.2, -0.15) is 0 Å². The second-order valence-corrected chi connectivity index (χ2v) is 4.56. The van der Waals surface area contributed by atoms with E-state index < -0.39 is 0 Å². The average Bonchev–Trinajstić information content (AvgIpc) is 2.75. The minimum atomic E-state index is 0.0264. The molecular formula is C12H19NO2S. The van der Waals surface area contributed by atoms with Gasteiger partial charge in [-0.05, 0) is 29.9 Å². The van der Waals surface area contributed by atoms with Gasteiger partial charge in [0.1, 0.15) is 0 Å². The number of nitrogens with zero attached hydrogens (tertiary/aromatic N) is 1. The van der Waals surface area contributed by atoms with Crippen LogP contribution in [0.4, 0.5) is 0 Å². The fourth-order valence-corrected chi connectivity index (χ4v) is 2.61. The molecule has 0 aromatic carbocycles. The third-order valence-corrected chi connectivity index (χ3v) is 3.42. The normalized spacial score (nSPS) is 10.4. The maximum Gasteiger partial charge on any atom is 0.264 e. The van der Waals surface area contributed by atoms with Crippen molar-refractivity contribution in [3.05, 3.63) is 21.9 Å². The van der Waals surface area contributed by atoms with Crippen LogP contribution in [-0.4, -0.2) is 35.6 Å². The van der Waals surface area contributed by atoms with Crippen molar-refractivity contribution in [1.82, 2.24) is 4.90 Å². The molecule has 16 heavy (non-hydrogen) atoms. The van der Waals surface area contributed by atoms with E-state index in [-0.39, 0.29) is 12.5 Å². The largest absolute Gasteiger partial charge is 0.395 e. The Hall–Kier alpha value is -0.870. The minimum absolute atomic E-state index is 0.0264. The Morgan fingerprint density at radius 1 is 1.44 bits per heavy atom. The van der Waals surface area contributed by atoms with Gasteiger partial charge in [0.25, 0.3) is 5.91 Å². The highest BCUT2D eigenvalue weighted by Gasteiger charge is 2.18. The molecule has 1 aromatic rings. The summed E-state index contributed by atoms with van der Waals surface area (Å²) in [6, 6.07) is 2.00. The van der Waals surface area contributed by atoms with Crippen LogP contribution in [-0.2, 0) is 6.42 Å². The third-order valence-electron chi connectivity index (χ3n) is 2.47. The summed E-state index contributed by atoms with van der Waals surface area (Å²) in [6.07, 6.45) is 1.79. The first kappa shape index (κ1) is 13.2. The predicted molar refractivity (Wildman–Crippen MR) is 67.0 cm³/mol. The summed E-state index contributed by atoms with van der Waals surface area (Å²) in [4.78, 5) is 14.7. The maximum atomic E-state index is 12.2. The maximum absolute atomic E-state index is 12.2. The fraction of sp³-hybridized carbons (Fsp3) is 0.583. The van der Waals surface area contributed by atoms with Crippen LogP contribution in [0.25, 0.3) is 0 Å². The van der Waals surface area contributed by atoms with Crippen molar-refractivity contribution >= 4 is 17.2 Å². The van der Waals surface area contributed by atoms with Crippen molar-refractivity contribution in [2.75, 3.05) is 19.7 Å². The monoisotopic (exact) mass is 241 g/mol. The van der Waals surface area contributed by atoms with Crippen molar-refractivity contribution in [3.63, 3.8) is 0 Å². The van der Waals surface area contributed by atoms with Crippen LogP contribution >= 0.6 is 11.3 Å². The molecule has 0 fully saturated rings. The quantitative estimate of drug-likeness (QED) is 0.829. The standard InChI is InChI=1S/C12H19NO2S/c1-3-6-13(7-8-14)12(15)11-10(4-2)5-9-16-11/h5,9,14H,3-4,6-8H2,1-2H3. The van der Waals surface area contributed by atoms with E-state index in [4.69, 9.17) is 5.11 Å². The highest BCUT2D eigenvalue weighted by atomic mass is 32.1. The second-order valence-electron chi connectivity index (χ2n) is 3.64. The Bertz CT molecular complexity index is 330. The van der Waals surface area contributed by atoms with E-state index in [9.17, 15) is 4.79 Å². The molecule has 0 aliphatic heterocycles. The van der Waals surface area contributed by atoms with Crippen LogP contribution < -0.4 is 0 Å². The first-order valence-electron chi connectivity index (χ1n) is 5.71. The van der Waals surface area contributed by atoms with E-state index in [1.54, 1.807) is 4.90 Å². The highest BCUT2D eigenvalue weighted by Crippen LogP contribution is 2.19. The number of aryl methyl sites for hydroxylation is 1. The van der Waals surface area contributed by atoms with E-state index in [1.807, 2.05) is 18.4 Å². The average molecular weight is 241 g/mol. The van der Waals surface area contributed by atoms with E-state index in [0.717, 1.165) is 23.3 Å². The lowest BCUT2D eigenvalue weighted by atomic mass is 10.2. The summed E-state index contributed by atoms with van der Waals surface area (Å²) in [6.45, 7) is 5.24. The molecule has 0 unspecified atom stereocenters. The Kier molecular flexibility index (Phi) is 5.49.